The lowest BCUT2D eigenvalue weighted by Crippen LogP contribution is -2.28. The Kier molecular flexibility index (Phi) is 7.61. The van der Waals surface area contributed by atoms with Crippen molar-refractivity contribution < 1.29 is 22.4 Å². The summed E-state index contributed by atoms with van der Waals surface area (Å²) in [5.74, 6) is 0.607. The third kappa shape index (κ3) is 5.64. The van der Waals surface area contributed by atoms with E-state index in [-0.39, 0.29) is 5.82 Å². The van der Waals surface area contributed by atoms with Crippen molar-refractivity contribution in [3.8, 4) is 34.0 Å². The molecule has 0 radical (unpaired) electrons. The van der Waals surface area contributed by atoms with Gasteiger partial charge in [-0.05, 0) is 37.0 Å². The van der Waals surface area contributed by atoms with Gasteiger partial charge in [-0.2, -0.15) is 0 Å². The van der Waals surface area contributed by atoms with Gasteiger partial charge in [-0.3, -0.25) is 0 Å². The van der Waals surface area contributed by atoms with Crippen LogP contribution in [-0.2, 0) is 25.9 Å². The average Bonchev–Trinajstić information content (AvgIpc) is 3.70. The van der Waals surface area contributed by atoms with Gasteiger partial charge in [-0.1, -0.05) is 41.6 Å². The van der Waals surface area contributed by atoms with E-state index in [1.54, 1.807) is 36.5 Å². The van der Waals surface area contributed by atoms with Crippen LogP contribution in [-0.4, -0.2) is 61.3 Å². The highest BCUT2D eigenvalue weighted by Gasteiger charge is 2.29. The summed E-state index contributed by atoms with van der Waals surface area (Å²) >= 11 is 0. The van der Waals surface area contributed by atoms with E-state index in [0.717, 1.165) is 31.7 Å². The van der Waals surface area contributed by atoms with Crippen LogP contribution < -0.4 is 11.1 Å². The molecule has 2 aliphatic rings. The Morgan fingerprint density at radius 2 is 1.60 bits per heavy atom. The van der Waals surface area contributed by atoms with Crippen LogP contribution in [0.3, 0.4) is 0 Å². The highest BCUT2D eigenvalue weighted by molar-refractivity contribution is 7.92. The molecule has 0 bridgehead atoms. The number of aromatic nitrogens is 3. The second kappa shape index (κ2) is 11.5. The van der Waals surface area contributed by atoms with E-state index in [2.05, 4.69) is 32.6 Å². The Bertz CT molecular complexity index is 1560. The summed E-state index contributed by atoms with van der Waals surface area (Å²) in [6.07, 6.45) is 3.61. The van der Waals surface area contributed by atoms with Crippen molar-refractivity contribution in [1.82, 2.24) is 20.4 Å². The SMILES string of the molecule is Nc1ncc(-c2ccc(S(=O)(=O)C3CCOCC3)cc2)nc1-c1cc(-c2ccc(CNC3CCOC3)cc2)no1. The van der Waals surface area contributed by atoms with E-state index >= 15 is 0 Å². The highest BCUT2D eigenvalue weighted by atomic mass is 32.2. The highest BCUT2D eigenvalue weighted by Crippen LogP contribution is 2.31. The Morgan fingerprint density at radius 3 is 2.33 bits per heavy atom. The molecule has 0 spiro atoms. The number of anilines is 1. The lowest BCUT2D eigenvalue weighted by atomic mass is 10.1. The first kappa shape index (κ1) is 26.6. The summed E-state index contributed by atoms with van der Waals surface area (Å²) in [5, 5.41) is 7.31. The standard InChI is InChI=1S/C29H31N5O5S/c30-29-28(27-15-25(34-39-27)20-3-1-19(2-4-20)16-31-22-9-12-38-18-22)33-26(17-32-29)21-5-7-23(8-6-21)40(35,36)24-10-13-37-14-11-24/h1-8,15,17,22,24,31H,9-14,16,18H2,(H2,30,32). The molecule has 0 amide bonds. The largest absolute Gasteiger partial charge is 0.382 e. The van der Waals surface area contributed by atoms with Gasteiger partial charge in [0, 0.05) is 49.6 Å². The van der Waals surface area contributed by atoms with E-state index in [0.29, 0.717) is 65.4 Å². The fourth-order valence-electron chi connectivity index (χ4n) is 4.99. The molecule has 2 aliphatic heterocycles. The first-order valence-electron chi connectivity index (χ1n) is 13.4. The summed E-state index contributed by atoms with van der Waals surface area (Å²) in [7, 11) is -3.42. The summed E-state index contributed by atoms with van der Waals surface area (Å²) in [5.41, 5.74) is 10.5. The molecule has 4 heterocycles. The maximum Gasteiger partial charge on any atom is 0.189 e. The molecule has 2 saturated heterocycles. The van der Waals surface area contributed by atoms with E-state index in [1.807, 2.05) is 12.1 Å². The molecular formula is C29H31N5O5S. The number of nitrogens with zero attached hydrogens (tertiary/aromatic N) is 3. The molecule has 10 nitrogen and oxygen atoms in total. The van der Waals surface area contributed by atoms with Crippen LogP contribution in [0.2, 0.25) is 0 Å². The maximum atomic E-state index is 13.0. The zero-order chi connectivity index (χ0) is 27.5. The van der Waals surface area contributed by atoms with Gasteiger partial charge in [0.1, 0.15) is 5.69 Å². The number of nitrogen functional groups attached to an aromatic ring is 1. The molecule has 208 valence electrons. The normalized spacial score (nSPS) is 18.2. The van der Waals surface area contributed by atoms with E-state index < -0.39 is 15.1 Å². The van der Waals surface area contributed by atoms with Crippen LogP contribution in [0.5, 0.6) is 0 Å². The summed E-state index contributed by atoms with van der Waals surface area (Å²) < 4.78 is 42.4. The number of benzene rings is 2. The predicted octanol–water partition coefficient (Wildman–Crippen LogP) is 3.88. The van der Waals surface area contributed by atoms with Crippen molar-refractivity contribution >= 4 is 15.7 Å². The van der Waals surface area contributed by atoms with E-state index in [4.69, 9.17) is 19.7 Å². The minimum Gasteiger partial charge on any atom is -0.382 e. The fraction of sp³-hybridized carbons (Fsp3) is 0.345. The third-order valence-electron chi connectivity index (χ3n) is 7.40. The van der Waals surface area contributed by atoms with Crippen LogP contribution in [0.1, 0.15) is 24.8 Å². The second-order valence-corrected chi connectivity index (χ2v) is 12.3. The van der Waals surface area contributed by atoms with Crippen LogP contribution in [0.4, 0.5) is 5.82 Å². The Balaban J connectivity index is 1.18. The number of ether oxygens (including phenoxy) is 2. The summed E-state index contributed by atoms with van der Waals surface area (Å²) in [6.45, 7) is 3.29. The Hall–Kier alpha value is -3.64. The van der Waals surface area contributed by atoms with Crippen molar-refractivity contribution in [3.63, 3.8) is 0 Å². The average molecular weight is 562 g/mol. The molecule has 0 aliphatic carbocycles. The van der Waals surface area contributed by atoms with Crippen LogP contribution in [0.15, 0.2) is 70.2 Å². The molecule has 0 saturated carbocycles. The van der Waals surface area contributed by atoms with Gasteiger partial charge in [-0.15, -0.1) is 0 Å². The van der Waals surface area contributed by atoms with Crippen LogP contribution in [0.25, 0.3) is 34.0 Å². The number of sulfone groups is 1. The molecular weight excluding hydrogens is 530 g/mol. The molecule has 2 aromatic carbocycles. The molecule has 40 heavy (non-hydrogen) atoms. The zero-order valence-electron chi connectivity index (χ0n) is 22.0. The van der Waals surface area contributed by atoms with Gasteiger partial charge in [0.15, 0.2) is 27.1 Å². The molecule has 4 aromatic rings. The minimum atomic E-state index is -3.42. The first-order valence-corrected chi connectivity index (χ1v) is 14.9. The van der Waals surface area contributed by atoms with E-state index in [9.17, 15) is 8.42 Å². The number of hydrogen-bond donors (Lipinski definition) is 2. The van der Waals surface area contributed by atoms with Crippen LogP contribution in [0, 0.1) is 0 Å². The van der Waals surface area contributed by atoms with Gasteiger partial charge < -0.3 is 25.0 Å². The van der Waals surface area contributed by atoms with E-state index in [1.165, 1.54) is 5.56 Å². The van der Waals surface area contributed by atoms with Gasteiger partial charge in [0.05, 0.1) is 28.6 Å². The molecule has 2 aromatic heterocycles. The van der Waals surface area contributed by atoms with Crippen LogP contribution >= 0.6 is 0 Å². The third-order valence-corrected chi connectivity index (χ3v) is 9.68. The Morgan fingerprint density at radius 1 is 0.900 bits per heavy atom. The quantitative estimate of drug-likeness (QED) is 0.325. The molecule has 11 heteroatoms. The van der Waals surface area contributed by atoms with Crippen molar-refractivity contribution in [1.29, 1.82) is 0 Å². The van der Waals surface area contributed by atoms with Crippen molar-refractivity contribution in [2.45, 2.75) is 42.0 Å². The zero-order valence-corrected chi connectivity index (χ0v) is 22.8. The summed E-state index contributed by atoms with van der Waals surface area (Å²) in [6, 6.07) is 17.0. The molecule has 1 unspecified atom stereocenters. The Labute approximate surface area is 232 Å². The molecule has 3 N–H and O–H groups in total. The summed E-state index contributed by atoms with van der Waals surface area (Å²) in [4.78, 5) is 9.27. The second-order valence-electron chi connectivity index (χ2n) is 10.1. The molecule has 1 atom stereocenters. The number of nitrogens with two attached hydrogens (primary N) is 1. The topological polar surface area (TPSA) is 142 Å². The first-order chi connectivity index (χ1) is 19.5. The fourth-order valence-corrected chi connectivity index (χ4v) is 6.70. The monoisotopic (exact) mass is 561 g/mol. The van der Waals surface area contributed by atoms with Crippen molar-refractivity contribution in [2.75, 3.05) is 32.2 Å². The predicted molar refractivity (Wildman–Crippen MR) is 150 cm³/mol. The number of rotatable bonds is 8. The number of nitrogens with one attached hydrogen (secondary N) is 1. The smallest absolute Gasteiger partial charge is 0.189 e. The van der Waals surface area contributed by atoms with Crippen molar-refractivity contribution in [3.05, 3.63) is 66.4 Å². The minimum absolute atomic E-state index is 0.211. The number of hydrogen-bond acceptors (Lipinski definition) is 10. The molecule has 6 rings (SSSR count). The molecule has 2 fully saturated rings. The lowest BCUT2D eigenvalue weighted by Gasteiger charge is -2.22. The maximum absolute atomic E-state index is 13.0. The lowest BCUT2D eigenvalue weighted by molar-refractivity contribution is 0.0983. The van der Waals surface area contributed by atoms with Gasteiger partial charge in [0.25, 0.3) is 0 Å². The van der Waals surface area contributed by atoms with Crippen molar-refractivity contribution in [2.24, 2.45) is 0 Å². The van der Waals surface area contributed by atoms with Gasteiger partial charge in [-0.25, -0.2) is 18.4 Å². The van der Waals surface area contributed by atoms with Gasteiger partial charge >= 0.3 is 0 Å². The van der Waals surface area contributed by atoms with Gasteiger partial charge in [0.2, 0.25) is 0 Å².